The zero-order valence-corrected chi connectivity index (χ0v) is 7.13. The average molecular weight is 164 g/mol. The Balaban J connectivity index is 2.01. The van der Waals surface area contributed by atoms with Crippen molar-refractivity contribution in [1.82, 2.24) is 10.3 Å². The number of oxazole rings is 1. The van der Waals surface area contributed by atoms with Gasteiger partial charge in [-0.3, -0.25) is 0 Å². The molecule has 1 atom stereocenters. The number of rotatable bonds is 1. The lowest BCUT2D eigenvalue weighted by Gasteiger charge is -1.99. The third kappa shape index (κ3) is 0.829. The highest BCUT2D eigenvalue weighted by molar-refractivity contribution is 5.20. The molecule has 1 aliphatic heterocycles. The Kier molecular flexibility index (Phi) is 1.17. The Hall–Kier alpha value is -0.830. The number of hydrogen-bond donors (Lipinski definition) is 1. The molecule has 0 bridgehead atoms. The first kappa shape index (κ1) is 6.66. The van der Waals surface area contributed by atoms with E-state index in [0.29, 0.717) is 12.0 Å². The van der Waals surface area contributed by atoms with Crippen molar-refractivity contribution in [2.75, 3.05) is 0 Å². The van der Waals surface area contributed by atoms with Crippen LogP contribution in [-0.2, 0) is 6.54 Å². The van der Waals surface area contributed by atoms with Crippen molar-refractivity contribution in [3.63, 3.8) is 0 Å². The molecule has 3 nitrogen and oxygen atoms in total. The summed E-state index contributed by atoms with van der Waals surface area (Å²) in [6, 6.07) is 0.361. The highest BCUT2D eigenvalue weighted by Gasteiger charge is 2.33. The maximum Gasteiger partial charge on any atom is 0.197 e. The molecule has 1 aromatic heterocycles. The van der Waals surface area contributed by atoms with Crippen molar-refractivity contribution >= 4 is 0 Å². The summed E-state index contributed by atoms with van der Waals surface area (Å²) < 4.78 is 5.69. The van der Waals surface area contributed by atoms with E-state index < -0.39 is 0 Å². The van der Waals surface area contributed by atoms with E-state index in [1.165, 1.54) is 12.8 Å². The third-order valence-corrected chi connectivity index (χ3v) is 2.64. The highest BCUT2D eigenvalue weighted by atomic mass is 16.4. The second-order valence-electron chi connectivity index (χ2n) is 3.74. The molecule has 1 N–H and O–H groups in total. The molecule has 1 fully saturated rings. The van der Waals surface area contributed by atoms with Gasteiger partial charge in [-0.1, -0.05) is 0 Å². The molecule has 2 aliphatic rings. The van der Waals surface area contributed by atoms with Gasteiger partial charge in [0, 0.05) is 12.5 Å². The number of fused-ring (bicyclic) bond motifs is 1. The first-order valence-corrected chi connectivity index (χ1v) is 4.57. The van der Waals surface area contributed by atoms with Gasteiger partial charge < -0.3 is 9.73 Å². The van der Waals surface area contributed by atoms with Crippen LogP contribution < -0.4 is 5.32 Å². The van der Waals surface area contributed by atoms with Crippen LogP contribution in [0.1, 0.15) is 49.1 Å². The molecular formula is C9H12N2O. The van der Waals surface area contributed by atoms with Crippen molar-refractivity contribution in [1.29, 1.82) is 0 Å². The van der Waals surface area contributed by atoms with Gasteiger partial charge in [0.1, 0.15) is 5.76 Å². The number of nitrogens with one attached hydrogen (secondary N) is 1. The fourth-order valence-electron chi connectivity index (χ4n) is 1.69. The third-order valence-electron chi connectivity index (χ3n) is 2.64. The quantitative estimate of drug-likeness (QED) is 0.686. The lowest BCUT2D eigenvalue weighted by atomic mass is 10.3. The molecule has 1 saturated carbocycles. The summed E-state index contributed by atoms with van der Waals surface area (Å²) in [4.78, 5) is 4.47. The maximum absolute atomic E-state index is 5.69. The summed E-state index contributed by atoms with van der Waals surface area (Å²) >= 11 is 0. The van der Waals surface area contributed by atoms with Gasteiger partial charge in [-0.15, -0.1) is 0 Å². The maximum atomic E-state index is 5.69. The van der Waals surface area contributed by atoms with E-state index in [1.807, 2.05) is 0 Å². The molecular weight excluding hydrogens is 152 g/mol. The smallest absolute Gasteiger partial charge is 0.197 e. The SMILES string of the molecule is CC1NCc2nc(C3CC3)oc21. The minimum absolute atomic E-state index is 0.361. The van der Waals surface area contributed by atoms with Gasteiger partial charge in [0.25, 0.3) is 0 Å². The monoisotopic (exact) mass is 164 g/mol. The van der Waals surface area contributed by atoms with Gasteiger partial charge in [-0.25, -0.2) is 4.98 Å². The first-order chi connectivity index (χ1) is 5.84. The van der Waals surface area contributed by atoms with Crippen molar-refractivity contribution < 1.29 is 4.42 Å². The molecule has 0 saturated heterocycles. The summed E-state index contributed by atoms with van der Waals surface area (Å²) in [6.07, 6.45) is 2.53. The molecule has 3 heteroatoms. The van der Waals surface area contributed by atoms with E-state index in [-0.39, 0.29) is 0 Å². The average Bonchev–Trinajstić information content (AvgIpc) is 2.73. The predicted molar refractivity (Wildman–Crippen MR) is 43.7 cm³/mol. The Morgan fingerprint density at radius 3 is 3.00 bits per heavy atom. The van der Waals surface area contributed by atoms with Gasteiger partial charge in [0.05, 0.1) is 11.7 Å². The Morgan fingerprint density at radius 1 is 1.50 bits per heavy atom. The van der Waals surface area contributed by atoms with Crippen LogP contribution in [0.4, 0.5) is 0 Å². The van der Waals surface area contributed by atoms with E-state index in [9.17, 15) is 0 Å². The molecule has 1 aliphatic carbocycles. The van der Waals surface area contributed by atoms with Crippen molar-refractivity contribution in [3.8, 4) is 0 Å². The fraction of sp³-hybridized carbons (Fsp3) is 0.667. The molecule has 1 unspecified atom stereocenters. The molecule has 64 valence electrons. The van der Waals surface area contributed by atoms with E-state index >= 15 is 0 Å². The van der Waals surface area contributed by atoms with Crippen LogP contribution in [0.25, 0.3) is 0 Å². The van der Waals surface area contributed by atoms with Crippen LogP contribution in [0.3, 0.4) is 0 Å². The highest BCUT2D eigenvalue weighted by Crippen LogP contribution is 2.41. The van der Waals surface area contributed by atoms with Crippen LogP contribution >= 0.6 is 0 Å². The minimum atomic E-state index is 0.361. The normalized spacial score (nSPS) is 27.6. The topological polar surface area (TPSA) is 38.1 Å². The fourth-order valence-corrected chi connectivity index (χ4v) is 1.69. The summed E-state index contributed by atoms with van der Waals surface area (Å²) in [6.45, 7) is 3.00. The Morgan fingerprint density at radius 2 is 2.33 bits per heavy atom. The van der Waals surface area contributed by atoms with Crippen LogP contribution in [0.5, 0.6) is 0 Å². The van der Waals surface area contributed by atoms with E-state index in [0.717, 1.165) is 23.9 Å². The van der Waals surface area contributed by atoms with Crippen LogP contribution in [-0.4, -0.2) is 4.98 Å². The lowest BCUT2D eigenvalue weighted by Crippen LogP contribution is -2.08. The second-order valence-corrected chi connectivity index (χ2v) is 3.74. The largest absolute Gasteiger partial charge is 0.443 e. The standard InChI is InChI=1S/C9H12N2O/c1-5-8-7(4-10-5)11-9(12-8)6-2-3-6/h5-6,10H,2-4H2,1H3. The first-order valence-electron chi connectivity index (χ1n) is 4.57. The Labute approximate surface area is 71.2 Å². The van der Waals surface area contributed by atoms with Crippen LogP contribution in [0.2, 0.25) is 0 Å². The summed E-state index contributed by atoms with van der Waals surface area (Å²) in [7, 11) is 0. The van der Waals surface area contributed by atoms with Crippen LogP contribution in [0.15, 0.2) is 4.42 Å². The summed E-state index contributed by atoms with van der Waals surface area (Å²) in [5, 5.41) is 3.30. The molecule has 1 aromatic rings. The van der Waals surface area contributed by atoms with Gasteiger partial charge in [-0.2, -0.15) is 0 Å². The summed E-state index contributed by atoms with van der Waals surface area (Å²) in [5.74, 6) is 2.69. The van der Waals surface area contributed by atoms with Gasteiger partial charge in [0.2, 0.25) is 0 Å². The Bertz CT molecular complexity index is 314. The second kappa shape index (κ2) is 2.10. The zero-order valence-electron chi connectivity index (χ0n) is 7.13. The lowest BCUT2D eigenvalue weighted by molar-refractivity contribution is 0.419. The van der Waals surface area contributed by atoms with Gasteiger partial charge in [0.15, 0.2) is 5.89 Å². The zero-order chi connectivity index (χ0) is 8.13. The molecule has 0 aromatic carbocycles. The van der Waals surface area contributed by atoms with Crippen molar-refractivity contribution in [2.45, 2.75) is 38.3 Å². The number of aromatic nitrogens is 1. The number of nitrogens with zero attached hydrogens (tertiary/aromatic N) is 1. The molecule has 3 rings (SSSR count). The molecule has 0 radical (unpaired) electrons. The molecule has 0 spiro atoms. The van der Waals surface area contributed by atoms with Crippen LogP contribution in [0, 0.1) is 0 Å². The molecule has 0 amide bonds. The minimum Gasteiger partial charge on any atom is -0.443 e. The van der Waals surface area contributed by atoms with Gasteiger partial charge in [-0.05, 0) is 19.8 Å². The molecule has 2 heterocycles. The number of hydrogen-bond acceptors (Lipinski definition) is 3. The predicted octanol–water partition coefficient (Wildman–Crippen LogP) is 1.72. The van der Waals surface area contributed by atoms with Crippen molar-refractivity contribution in [2.24, 2.45) is 0 Å². The van der Waals surface area contributed by atoms with E-state index in [4.69, 9.17) is 4.42 Å². The van der Waals surface area contributed by atoms with E-state index in [1.54, 1.807) is 0 Å². The summed E-state index contributed by atoms with van der Waals surface area (Å²) in [5.41, 5.74) is 1.13. The van der Waals surface area contributed by atoms with Crippen molar-refractivity contribution in [3.05, 3.63) is 17.3 Å². The van der Waals surface area contributed by atoms with E-state index in [2.05, 4.69) is 17.2 Å². The molecule has 12 heavy (non-hydrogen) atoms. The van der Waals surface area contributed by atoms with Gasteiger partial charge >= 0.3 is 0 Å².